The van der Waals surface area contributed by atoms with Crippen molar-refractivity contribution in [3.05, 3.63) is 62.9 Å². The van der Waals surface area contributed by atoms with Crippen molar-refractivity contribution < 1.29 is 0 Å². The lowest BCUT2D eigenvalue weighted by atomic mass is 10.2. The number of imidazole rings is 1. The van der Waals surface area contributed by atoms with Crippen molar-refractivity contribution in [3.63, 3.8) is 0 Å². The molecule has 0 aliphatic rings. The summed E-state index contributed by atoms with van der Waals surface area (Å²) in [5, 5.41) is 0. The molecule has 0 saturated heterocycles. The van der Waals surface area contributed by atoms with Crippen molar-refractivity contribution in [1.82, 2.24) is 14.0 Å². The monoisotopic (exact) mass is 317 g/mol. The van der Waals surface area contributed by atoms with E-state index in [2.05, 4.69) is 20.9 Å². The van der Waals surface area contributed by atoms with Crippen LogP contribution >= 0.6 is 15.9 Å². The number of nitrogens with zero attached hydrogens (tertiary/aromatic N) is 3. The van der Waals surface area contributed by atoms with Gasteiger partial charge in [0.1, 0.15) is 0 Å². The molecule has 0 radical (unpaired) electrons. The molecule has 2 heterocycles. The van der Waals surface area contributed by atoms with Crippen LogP contribution in [-0.4, -0.2) is 14.0 Å². The third-order valence-electron chi connectivity index (χ3n) is 3.26. The standard InChI is InChI=1S/C14H12BrN3O/c1-9-8-16-13-14(19)18(7-6-17(9)13)12-5-3-4-11(15)10(12)2/h3-8H,1-2H3. The molecular weight excluding hydrogens is 306 g/mol. The average Bonchev–Trinajstić information content (AvgIpc) is 2.77. The molecule has 0 aliphatic heterocycles. The quantitative estimate of drug-likeness (QED) is 0.692. The van der Waals surface area contributed by atoms with E-state index < -0.39 is 0 Å². The van der Waals surface area contributed by atoms with E-state index >= 15 is 0 Å². The third-order valence-corrected chi connectivity index (χ3v) is 4.11. The molecule has 0 N–H and O–H groups in total. The smallest absolute Gasteiger partial charge is 0.298 e. The van der Waals surface area contributed by atoms with Crippen molar-refractivity contribution in [2.24, 2.45) is 0 Å². The molecule has 0 unspecified atom stereocenters. The van der Waals surface area contributed by atoms with Gasteiger partial charge in [-0.2, -0.15) is 0 Å². The lowest BCUT2D eigenvalue weighted by Gasteiger charge is -2.10. The van der Waals surface area contributed by atoms with Gasteiger partial charge in [-0.25, -0.2) is 4.98 Å². The van der Waals surface area contributed by atoms with E-state index in [1.165, 1.54) is 0 Å². The van der Waals surface area contributed by atoms with E-state index in [0.717, 1.165) is 21.4 Å². The summed E-state index contributed by atoms with van der Waals surface area (Å²) < 4.78 is 4.41. The van der Waals surface area contributed by atoms with E-state index in [4.69, 9.17) is 0 Å². The minimum Gasteiger partial charge on any atom is -0.298 e. The van der Waals surface area contributed by atoms with Crippen LogP contribution < -0.4 is 5.56 Å². The first-order valence-electron chi connectivity index (χ1n) is 5.90. The van der Waals surface area contributed by atoms with Crippen molar-refractivity contribution in [1.29, 1.82) is 0 Å². The predicted octanol–water partition coefficient (Wildman–Crippen LogP) is 2.86. The molecule has 0 fully saturated rings. The predicted molar refractivity (Wildman–Crippen MR) is 78.0 cm³/mol. The van der Waals surface area contributed by atoms with Gasteiger partial charge >= 0.3 is 0 Å². The number of rotatable bonds is 1. The molecule has 3 aromatic rings. The van der Waals surface area contributed by atoms with Crippen molar-refractivity contribution >= 4 is 21.6 Å². The molecule has 19 heavy (non-hydrogen) atoms. The first-order chi connectivity index (χ1) is 9.09. The van der Waals surface area contributed by atoms with Gasteiger partial charge in [-0.3, -0.25) is 13.8 Å². The second-order valence-corrected chi connectivity index (χ2v) is 5.30. The van der Waals surface area contributed by atoms with Crippen LogP contribution in [0.1, 0.15) is 11.3 Å². The molecule has 0 aliphatic carbocycles. The molecule has 0 saturated carbocycles. The highest BCUT2D eigenvalue weighted by molar-refractivity contribution is 9.10. The van der Waals surface area contributed by atoms with E-state index in [0.29, 0.717) is 5.65 Å². The number of hydrogen-bond acceptors (Lipinski definition) is 2. The molecule has 2 aromatic heterocycles. The fourth-order valence-electron chi connectivity index (χ4n) is 2.15. The minimum absolute atomic E-state index is 0.114. The molecule has 96 valence electrons. The van der Waals surface area contributed by atoms with Gasteiger partial charge in [0.15, 0.2) is 0 Å². The Morgan fingerprint density at radius 2 is 2.00 bits per heavy atom. The van der Waals surface area contributed by atoms with Gasteiger partial charge in [0, 0.05) is 28.8 Å². The summed E-state index contributed by atoms with van der Waals surface area (Å²) in [4.78, 5) is 16.6. The number of benzene rings is 1. The lowest BCUT2D eigenvalue weighted by Crippen LogP contribution is -2.21. The highest BCUT2D eigenvalue weighted by atomic mass is 79.9. The van der Waals surface area contributed by atoms with Gasteiger partial charge in [-0.05, 0) is 31.5 Å². The maximum atomic E-state index is 12.5. The topological polar surface area (TPSA) is 39.3 Å². The van der Waals surface area contributed by atoms with Crippen LogP contribution in [0.2, 0.25) is 0 Å². The summed E-state index contributed by atoms with van der Waals surface area (Å²) in [6.07, 6.45) is 5.34. The Labute approximate surface area is 118 Å². The first kappa shape index (κ1) is 12.2. The second kappa shape index (κ2) is 4.35. The lowest BCUT2D eigenvalue weighted by molar-refractivity contribution is 0.931. The summed E-state index contributed by atoms with van der Waals surface area (Å²) >= 11 is 3.49. The SMILES string of the molecule is Cc1c(Br)cccc1-n1ccn2c(C)cnc2c1=O. The van der Waals surface area contributed by atoms with Crippen LogP contribution in [0.3, 0.4) is 0 Å². The molecular formula is C14H12BrN3O. The maximum Gasteiger partial charge on any atom is 0.298 e. The van der Waals surface area contributed by atoms with Crippen LogP contribution in [0, 0.1) is 13.8 Å². The van der Waals surface area contributed by atoms with Crippen molar-refractivity contribution in [2.45, 2.75) is 13.8 Å². The summed E-state index contributed by atoms with van der Waals surface area (Å²) in [5.41, 5.74) is 3.17. The zero-order valence-electron chi connectivity index (χ0n) is 10.6. The molecule has 0 amide bonds. The van der Waals surface area contributed by atoms with Gasteiger partial charge in [-0.1, -0.05) is 22.0 Å². The number of aryl methyl sites for hydroxylation is 1. The first-order valence-corrected chi connectivity index (χ1v) is 6.69. The second-order valence-electron chi connectivity index (χ2n) is 4.45. The van der Waals surface area contributed by atoms with Crippen molar-refractivity contribution in [3.8, 4) is 5.69 Å². The van der Waals surface area contributed by atoms with Crippen LogP contribution in [0.5, 0.6) is 0 Å². The Balaban J connectivity index is 2.35. The Hall–Kier alpha value is -1.88. The molecule has 3 rings (SSSR count). The van der Waals surface area contributed by atoms with Gasteiger partial charge in [-0.15, -0.1) is 0 Å². The minimum atomic E-state index is -0.114. The van der Waals surface area contributed by atoms with Gasteiger partial charge < -0.3 is 0 Å². The zero-order valence-corrected chi connectivity index (χ0v) is 12.2. The molecule has 0 bridgehead atoms. The molecule has 4 nitrogen and oxygen atoms in total. The van der Waals surface area contributed by atoms with Crippen molar-refractivity contribution in [2.75, 3.05) is 0 Å². The highest BCUT2D eigenvalue weighted by Crippen LogP contribution is 2.21. The summed E-state index contributed by atoms with van der Waals surface area (Å²) in [6, 6.07) is 5.80. The van der Waals surface area contributed by atoms with Gasteiger partial charge in [0.2, 0.25) is 5.65 Å². The summed E-state index contributed by atoms with van der Waals surface area (Å²) in [7, 11) is 0. The highest BCUT2D eigenvalue weighted by Gasteiger charge is 2.10. The maximum absolute atomic E-state index is 12.5. The summed E-state index contributed by atoms with van der Waals surface area (Å²) in [6.45, 7) is 3.90. The van der Waals surface area contributed by atoms with Crippen LogP contribution in [0.25, 0.3) is 11.3 Å². The van der Waals surface area contributed by atoms with Gasteiger partial charge in [0.25, 0.3) is 5.56 Å². The number of halogens is 1. The molecule has 5 heteroatoms. The molecule has 0 spiro atoms. The number of aromatic nitrogens is 3. The van der Waals surface area contributed by atoms with E-state index in [9.17, 15) is 4.79 Å². The molecule has 0 atom stereocenters. The van der Waals surface area contributed by atoms with E-state index in [-0.39, 0.29) is 5.56 Å². The fraction of sp³-hybridized carbons (Fsp3) is 0.143. The zero-order chi connectivity index (χ0) is 13.6. The Kier molecular flexibility index (Phi) is 2.78. The average molecular weight is 318 g/mol. The molecule has 1 aromatic carbocycles. The van der Waals surface area contributed by atoms with Gasteiger partial charge in [0.05, 0.1) is 5.69 Å². The Bertz CT molecular complexity index is 832. The number of fused-ring (bicyclic) bond motifs is 1. The Morgan fingerprint density at radius 3 is 2.79 bits per heavy atom. The van der Waals surface area contributed by atoms with E-state index in [1.54, 1.807) is 21.4 Å². The largest absolute Gasteiger partial charge is 0.298 e. The third kappa shape index (κ3) is 1.81. The number of hydrogen-bond donors (Lipinski definition) is 0. The Morgan fingerprint density at radius 1 is 1.21 bits per heavy atom. The summed E-state index contributed by atoms with van der Waals surface area (Å²) in [5.74, 6) is 0. The fourth-order valence-corrected chi connectivity index (χ4v) is 2.50. The van der Waals surface area contributed by atoms with E-state index in [1.807, 2.05) is 38.2 Å². The van der Waals surface area contributed by atoms with Crippen LogP contribution in [0.15, 0.2) is 46.1 Å². The van der Waals surface area contributed by atoms with Crippen LogP contribution in [-0.2, 0) is 0 Å². The normalized spacial score (nSPS) is 11.1. The van der Waals surface area contributed by atoms with Crippen LogP contribution in [0.4, 0.5) is 0 Å².